The van der Waals surface area contributed by atoms with Crippen molar-refractivity contribution in [3.8, 4) is 0 Å². The Morgan fingerprint density at radius 2 is 1.83 bits per heavy atom. The molecule has 1 amide bonds. The topological polar surface area (TPSA) is 59.0 Å². The van der Waals surface area contributed by atoms with Crippen molar-refractivity contribution in [1.82, 2.24) is 19.9 Å². The summed E-state index contributed by atoms with van der Waals surface area (Å²) in [5.41, 5.74) is 1.68. The van der Waals surface area contributed by atoms with Crippen molar-refractivity contribution in [2.24, 2.45) is 0 Å². The molecule has 2 aromatic heterocycles. The predicted octanol–water partition coefficient (Wildman–Crippen LogP) is 3.93. The van der Waals surface area contributed by atoms with Gasteiger partial charge in [-0.15, -0.1) is 11.3 Å². The maximum absolute atomic E-state index is 12.7. The maximum atomic E-state index is 12.7. The molecule has 0 saturated carbocycles. The van der Waals surface area contributed by atoms with Gasteiger partial charge in [0.15, 0.2) is 0 Å². The molecular formula is C18H26N4OS. The fraction of sp³-hybridized carbons (Fsp3) is 0.556. The highest BCUT2D eigenvalue weighted by Gasteiger charge is 2.24. The average Bonchev–Trinajstić information content (AvgIpc) is 2.89. The molecule has 0 fully saturated rings. The number of hydrogen-bond donors (Lipinski definition) is 0. The van der Waals surface area contributed by atoms with Gasteiger partial charge in [0, 0.05) is 42.9 Å². The Bertz CT molecular complexity index is 714. The van der Waals surface area contributed by atoms with Gasteiger partial charge in [-0.25, -0.2) is 15.0 Å². The minimum absolute atomic E-state index is 0.00608. The second-order valence-electron chi connectivity index (χ2n) is 7.45. The number of thiazole rings is 1. The van der Waals surface area contributed by atoms with E-state index >= 15 is 0 Å². The average molecular weight is 347 g/mol. The van der Waals surface area contributed by atoms with E-state index < -0.39 is 0 Å². The predicted molar refractivity (Wildman–Crippen MR) is 97.5 cm³/mol. The standard InChI is InChI=1S/C18H26N4OS/c1-11(2)15-19-8-13(9-20-15)10-22(7)16(23)14-12(3)21-17(24-14)18(4,5)6/h8-9,11H,10H2,1-7H3. The summed E-state index contributed by atoms with van der Waals surface area (Å²) in [5.74, 6) is 1.11. The lowest BCUT2D eigenvalue weighted by molar-refractivity contribution is 0.0788. The molecule has 2 aromatic rings. The first-order valence-electron chi connectivity index (χ1n) is 8.13. The quantitative estimate of drug-likeness (QED) is 0.841. The number of aryl methyl sites for hydroxylation is 1. The van der Waals surface area contributed by atoms with Crippen LogP contribution in [0.25, 0.3) is 0 Å². The second kappa shape index (κ2) is 6.97. The summed E-state index contributed by atoms with van der Waals surface area (Å²) in [6.45, 7) is 12.8. The van der Waals surface area contributed by atoms with Crippen LogP contribution in [-0.4, -0.2) is 32.8 Å². The molecule has 0 radical (unpaired) electrons. The van der Waals surface area contributed by atoms with Gasteiger partial charge in [0.05, 0.1) is 10.7 Å². The third-order valence-corrected chi connectivity index (χ3v) is 5.21. The molecule has 0 aliphatic carbocycles. The second-order valence-corrected chi connectivity index (χ2v) is 8.45. The fourth-order valence-electron chi connectivity index (χ4n) is 2.18. The number of carbonyl (C=O) groups is 1. The summed E-state index contributed by atoms with van der Waals surface area (Å²) in [4.78, 5) is 28.4. The van der Waals surface area contributed by atoms with Gasteiger partial charge in [0.1, 0.15) is 10.7 Å². The molecule has 0 aliphatic rings. The van der Waals surface area contributed by atoms with Gasteiger partial charge in [0.2, 0.25) is 0 Å². The van der Waals surface area contributed by atoms with Crippen LogP contribution in [0, 0.1) is 6.92 Å². The summed E-state index contributed by atoms with van der Waals surface area (Å²) in [6, 6.07) is 0. The van der Waals surface area contributed by atoms with Crippen molar-refractivity contribution in [3.63, 3.8) is 0 Å². The Labute approximate surface area is 148 Å². The molecule has 24 heavy (non-hydrogen) atoms. The third-order valence-electron chi connectivity index (χ3n) is 3.64. The van der Waals surface area contributed by atoms with Gasteiger partial charge in [-0.1, -0.05) is 34.6 Å². The van der Waals surface area contributed by atoms with Crippen LogP contribution in [-0.2, 0) is 12.0 Å². The summed E-state index contributed by atoms with van der Waals surface area (Å²) in [7, 11) is 1.80. The zero-order chi connectivity index (χ0) is 18.1. The number of carbonyl (C=O) groups excluding carboxylic acids is 1. The van der Waals surface area contributed by atoms with Gasteiger partial charge in [0.25, 0.3) is 5.91 Å². The lowest BCUT2D eigenvalue weighted by Crippen LogP contribution is -2.26. The first-order valence-corrected chi connectivity index (χ1v) is 8.95. The molecule has 130 valence electrons. The van der Waals surface area contributed by atoms with Crippen molar-refractivity contribution in [2.75, 3.05) is 7.05 Å². The van der Waals surface area contributed by atoms with Crippen molar-refractivity contribution in [3.05, 3.63) is 39.4 Å². The zero-order valence-electron chi connectivity index (χ0n) is 15.5. The van der Waals surface area contributed by atoms with Crippen molar-refractivity contribution in [1.29, 1.82) is 0 Å². The molecule has 0 saturated heterocycles. The minimum atomic E-state index is -0.0486. The highest BCUT2D eigenvalue weighted by Crippen LogP contribution is 2.30. The molecule has 0 atom stereocenters. The van der Waals surface area contributed by atoms with Crippen LogP contribution in [0.2, 0.25) is 0 Å². The molecule has 0 aromatic carbocycles. The lowest BCUT2D eigenvalue weighted by Gasteiger charge is -2.17. The van der Waals surface area contributed by atoms with Crippen LogP contribution in [0.5, 0.6) is 0 Å². The van der Waals surface area contributed by atoms with Crippen LogP contribution in [0.15, 0.2) is 12.4 Å². The van der Waals surface area contributed by atoms with Gasteiger partial charge < -0.3 is 4.90 Å². The van der Waals surface area contributed by atoms with E-state index in [1.54, 1.807) is 24.3 Å². The minimum Gasteiger partial charge on any atom is -0.337 e. The Balaban J connectivity index is 2.13. The monoisotopic (exact) mass is 346 g/mol. The number of amides is 1. The molecule has 0 bridgehead atoms. The van der Waals surface area contributed by atoms with Crippen molar-refractivity contribution in [2.45, 2.75) is 59.4 Å². The van der Waals surface area contributed by atoms with E-state index in [-0.39, 0.29) is 11.3 Å². The van der Waals surface area contributed by atoms with E-state index in [0.29, 0.717) is 17.3 Å². The van der Waals surface area contributed by atoms with Gasteiger partial charge in [-0.3, -0.25) is 4.79 Å². The number of nitrogens with zero attached hydrogens (tertiary/aromatic N) is 4. The normalized spacial score (nSPS) is 11.8. The summed E-state index contributed by atoms with van der Waals surface area (Å²) in [5, 5.41) is 0.987. The van der Waals surface area contributed by atoms with Crippen LogP contribution in [0.3, 0.4) is 0 Å². The van der Waals surface area contributed by atoms with Gasteiger partial charge >= 0.3 is 0 Å². The highest BCUT2D eigenvalue weighted by molar-refractivity contribution is 7.14. The van der Waals surface area contributed by atoms with Crippen LogP contribution >= 0.6 is 11.3 Å². The van der Waals surface area contributed by atoms with E-state index in [0.717, 1.165) is 22.1 Å². The lowest BCUT2D eigenvalue weighted by atomic mass is 9.98. The summed E-state index contributed by atoms with van der Waals surface area (Å²) >= 11 is 1.49. The Hall–Kier alpha value is -1.82. The van der Waals surface area contributed by atoms with E-state index in [1.807, 2.05) is 6.92 Å². The van der Waals surface area contributed by atoms with E-state index in [2.05, 4.69) is 49.6 Å². The molecular weight excluding hydrogens is 320 g/mol. The number of hydrogen-bond acceptors (Lipinski definition) is 5. The molecule has 2 rings (SSSR count). The van der Waals surface area contributed by atoms with Gasteiger partial charge in [-0.05, 0) is 6.92 Å². The SMILES string of the molecule is Cc1nc(C(C)(C)C)sc1C(=O)N(C)Cc1cnc(C(C)C)nc1. The van der Waals surface area contributed by atoms with E-state index in [1.165, 1.54) is 11.3 Å². The van der Waals surface area contributed by atoms with E-state index in [9.17, 15) is 4.79 Å². The molecule has 2 heterocycles. The van der Waals surface area contributed by atoms with Crippen LogP contribution in [0.1, 0.15) is 72.3 Å². The maximum Gasteiger partial charge on any atom is 0.265 e. The fourth-order valence-corrected chi connectivity index (χ4v) is 3.30. The van der Waals surface area contributed by atoms with Crippen LogP contribution < -0.4 is 0 Å². The first-order chi connectivity index (χ1) is 11.1. The number of rotatable bonds is 4. The Kier molecular flexibility index (Phi) is 5.38. The summed E-state index contributed by atoms with van der Waals surface area (Å²) in [6.07, 6.45) is 3.60. The molecule has 0 unspecified atom stereocenters. The largest absolute Gasteiger partial charge is 0.337 e. The Morgan fingerprint density at radius 3 is 2.29 bits per heavy atom. The van der Waals surface area contributed by atoms with Crippen molar-refractivity contribution < 1.29 is 4.79 Å². The molecule has 0 aliphatic heterocycles. The van der Waals surface area contributed by atoms with Crippen molar-refractivity contribution >= 4 is 17.2 Å². The Morgan fingerprint density at radius 1 is 1.25 bits per heavy atom. The van der Waals surface area contributed by atoms with E-state index in [4.69, 9.17) is 0 Å². The zero-order valence-corrected chi connectivity index (χ0v) is 16.4. The molecule has 0 spiro atoms. The van der Waals surface area contributed by atoms with Crippen LogP contribution in [0.4, 0.5) is 0 Å². The highest BCUT2D eigenvalue weighted by atomic mass is 32.1. The van der Waals surface area contributed by atoms with Gasteiger partial charge in [-0.2, -0.15) is 0 Å². The summed E-state index contributed by atoms with van der Waals surface area (Å²) < 4.78 is 0. The molecule has 6 heteroatoms. The first kappa shape index (κ1) is 18.5. The number of aromatic nitrogens is 3. The molecule has 0 N–H and O–H groups in total. The molecule has 5 nitrogen and oxygen atoms in total. The third kappa shape index (κ3) is 4.17. The smallest absolute Gasteiger partial charge is 0.265 e.